The Bertz CT molecular complexity index is 1080. The third-order valence-corrected chi connectivity index (χ3v) is 5.79. The Labute approximate surface area is 196 Å². The van der Waals surface area contributed by atoms with Crippen LogP contribution in [0.2, 0.25) is 0 Å². The van der Waals surface area contributed by atoms with E-state index in [9.17, 15) is 9.59 Å². The summed E-state index contributed by atoms with van der Waals surface area (Å²) in [5.41, 5.74) is 3.04. The van der Waals surface area contributed by atoms with Crippen LogP contribution in [0.1, 0.15) is 22.8 Å². The van der Waals surface area contributed by atoms with Gasteiger partial charge in [-0.25, -0.2) is 9.78 Å². The van der Waals surface area contributed by atoms with Crippen LogP contribution in [0.4, 0.5) is 9.93 Å². The standard InChI is InChI=1S/C24H25N3O5S/c1-2-31-20-9-7-18(8-10-20)21-16-33-23(25-21)26-22(28)19-5-3-17(4-6-19)15-32-24(29)27-11-13-30-14-12-27/h3-10,16H,2,11-15H2,1H3,(H,25,26,28). The fraction of sp³-hybridized carbons (Fsp3) is 0.292. The third kappa shape index (κ3) is 6.09. The van der Waals surface area contributed by atoms with Crippen LogP contribution in [0.5, 0.6) is 5.75 Å². The molecular weight excluding hydrogens is 442 g/mol. The summed E-state index contributed by atoms with van der Waals surface area (Å²) in [4.78, 5) is 30.8. The van der Waals surface area contributed by atoms with Gasteiger partial charge in [-0.05, 0) is 48.9 Å². The summed E-state index contributed by atoms with van der Waals surface area (Å²) in [7, 11) is 0. The second kappa shape index (κ2) is 10.9. The SMILES string of the molecule is CCOc1ccc(-c2csc(NC(=O)c3ccc(COC(=O)N4CCOCC4)cc3)n2)cc1. The molecule has 1 aromatic heterocycles. The van der Waals surface area contributed by atoms with E-state index in [1.807, 2.05) is 36.6 Å². The number of amides is 2. The van der Waals surface area contributed by atoms with Gasteiger partial charge >= 0.3 is 6.09 Å². The Morgan fingerprint density at radius 3 is 2.52 bits per heavy atom. The Balaban J connectivity index is 1.30. The van der Waals surface area contributed by atoms with E-state index in [4.69, 9.17) is 14.2 Å². The molecule has 1 saturated heterocycles. The minimum atomic E-state index is -0.354. The van der Waals surface area contributed by atoms with E-state index in [2.05, 4.69) is 10.3 Å². The number of hydrogen-bond acceptors (Lipinski definition) is 7. The van der Waals surface area contributed by atoms with Crippen LogP contribution in [-0.4, -0.2) is 54.8 Å². The topological polar surface area (TPSA) is 90.0 Å². The number of ether oxygens (including phenoxy) is 3. The van der Waals surface area contributed by atoms with Crippen molar-refractivity contribution in [1.82, 2.24) is 9.88 Å². The first-order valence-electron chi connectivity index (χ1n) is 10.7. The molecule has 0 radical (unpaired) electrons. The number of aromatic nitrogens is 1. The van der Waals surface area contributed by atoms with Crippen LogP contribution < -0.4 is 10.1 Å². The largest absolute Gasteiger partial charge is 0.494 e. The zero-order chi connectivity index (χ0) is 23.0. The second-order valence-corrected chi connectivity index (χ2v) is 8.16. The molecule has 1 N–H and O–H groups in total. The Hall–Kier alpha value is -3.43. The van der Waals surface area contributed by atoms with Crippen molar-refractivity contribution < 1.29 is 23.8 Å². The summed E-state index contributed by atoms with van der Waals surface area (Å²) < 4.78 is 16.0. The molecule has 33 heavy (non-hydrogen) atoms. The van der Waals surface area contributed by atoms with Crippen LogP contribution in [-0.2, 0) is 16.1 Å². The summed E-state index contributed by atoms with van der Waals surface area (Å²) in [5.74, 6) is 0.559. The van der Waals surface area contributed by atoms with E-state index in [1.54, 1.807) is 29.2 Å². The fourth-order valence-corrected chi connectivity index (χ4v) is 3.97. The van der Waals surface area contributed by atoms with E-state index in [1.165, 1.54) is 11.3 Å². The number of carbonyl (C=O) groups is 2. The minimum Gasteiger partial charge on any atom is -0.494 e. The van der Waals surface area contributed by atoms with Crippen molar-refractivity contribution in [2.75, 3.05) is 38.2 Å². The molecule has 8 nitrogen and oxygen atoms in total. The van der Waals surface area contributed by atoms with Crippen LogP contribution in [0, 0.1) is 0 Å². The smallest absolute Gasteiger partial charge is 0.410 e. The van der Waals surface area contributed by atoms with Crippen molar-refractivity contribution in [2.24, 2.45) is 0 Å². The maximum atomic E-state index is 12.6. The third-order valence-electron chi connectivity index (χ3n) is 5.03. The molecular formula is C24H25N3O5S. The van der Waals surface area contributed by atoms with Crippen molar-refractivity contribution in [3.05, 3.63) is 65.0 Å². The highest BCUT2D eigenvalue weighted by atomic mass is 32.1. The zero-order valence-electron chi connectivity index (χ0n) is 18.3. The van der Waals surface area contributed by atoms with Gasteiger partial charge in [0.15, 0.2) is 5.13 Å². The summed E-state index contributed by atoms with van der Waals surface area (Å²) in [5, 5.41) is 5.25. The monoisotopic (exact) mass is 467 g/mol. The molecule has 0 aliphatic carbocycles. The highest BCUT2D eigenvalue weighted by molar-refractivity contribution is 7.14. The molecule has 1 aliphatic heterocycles. The van der Waals surface area contributed by atoms with Crippen LogP contribution in [0.15, 0.2) is 53.9 Å². The molecule has 0 unspecified atom stereocenters. The van der Waals surface area contributed by atoms with Gasteiger partial charge in [-0.15, -0.1) is 11.3 Å². The van der Waals surface area contributed by atoms with Crippen LogP contribution in [0.3, 0.4) is 0 Å². The number of nitrogens with zero attached hydrogens (tertiary/aromatic N) is 2. The number of thiazole rings is 1. The van der Waals surface area contributed by atoms with Crippen molar-refractivity contribution >= 4 is 28.5 Å². The summed E-state index contributed by atoms with van der Waals surface area (Å²) >= 11 is 1.36. The number of morpholine rings is 1. The maximum Gasteiger partial charge on any atom is 0.410 e. The van der Waals surface area contributed by atoms with Gasteiger partial charge in [0.2, 0.25) is 0 Å². The normalized spacial score (nSPS) is 13.4. The molecule has 2 aromatic carbocycles. The maximum absolute atomic E-state index is 12.6. The number of benzene rings is 2. The first-order chi connectivity index (χ1) is 16.1. The molecule has 1 fully saturated rings. The average molecular weight is 468 g/mol. The highest BCUT2D eigenvalue weighted by Crippen LogP contribution is 2.27. The predicted molar refractivity (Wildman–Crippen MR) is 126 cm³/mol. The number of nitrogens with one attached hydrogen (secondary N) is 1. The lowest BCUT2D eigenvalue weighted by Gasteiger charge is -2.25. The van der Waals surface area contributed by atoms with Crippen molar-refractivity contribution in [2.45, 2.75) is 13.5 Å². The second-order valence-electron chi connectivity index (χ2n) is 7.30. The molecule has 1 aliphatic rings. The van der Waals surface area contributed by atoms with E-state index < -0.39 is 0 Å². The van der Waals surface area contributed by atoms with Crippen molar-refractivity contribution in [1.29, 1.82) is 0 Å². The van der Waals surface area contributed by atoms with Gasteiger partial charge in [-0.1, -0.05) is 12.1 Å². The van der Waals surface area contributed by atoms with E-state index in [0.29, 0.717) is 43.6 Å². The number of rotatable bonds is 7. The van der Waals surface area contributed by atoms with Gasteiger partial charge in [0.25, 0.3) is 5.91 Å². The molecule has 0 bridgehead atoms. The Kier molecular flexibility index (Phi) is 7.54. The van der Waals surface area contributed by atoms with Gasteiger partial charge in [0.1, 0.15) is 12.4 Å². The van der Waals surface area contributed by atoms with Gasteiger partial charge in [-0.2, -0.15) is 0 Å². The van der Waals surface area contributed by atoms with Gasteiger partial charge in [0, 0.05) is 29.6 Å². The lowest BCUT2D eigenvalue weighted by molar-refractivity contribution is 0.0249. The number of anilines is 1. The molecule has 3 aromatic rings. The molecule has 0 atom stereocenters. The highest BCUT2D eigenvalue weighted by Gasteiger charge is 2.18. The average Bonchev–Trinajstić information content (AvgIpc) is 3.32. The van der Waals surface area contributed by atoms with Crippen LogP contribution in [0.25, 0.3) is 11.3 Å². The first-order valence-corrected chi connectivity index (χ1v) is 11.6. The van der Waals surface area contributed by atoms with E-state index in [0.717, 1.165) is 22.6 Å². The molecule has 0 saturated carbocycles. The van der Waals surface area contributed by atoms with Gasteiger partial charge in [0.05, 0.1) is 25.5 Å². The van der Waals surface area contributed by atoms with E-state index in [-0.39, 0.29) is 18.6 Å². The number of hydrogen-bond donors (Lipinski definition) is 1. The Morgan fingerprint density at radius 1 is 1.09 bits per heavy atom. The fourth-order valence-electron chi connectivity index (χ4n) is 3.26. The molecule has 172 valence electrons. The lowest BCUT2D eigenvalue weighted by Crippen LogP contribution is -2.40. The molecule has 2 amide bonds. The molecule has 0 spiro atoms. The van der Waals surface area contributed by atoms with E-state index >= 15 is 0 Å². The Morgan fingerprint density at radius 2 is 1.82 bits per heavy atom. The van der Waals surface area contributed by atoms with Gasteiger partial charge in [-0.3, -0.25) is 10.1 Å². The number of carbonyl (C=O) groups excluding carboxylic acids is 2. The lowest BCUT2D eigenvalue weighted by atomic mass is 10.1. The quantitative estimate of drug-likeness (QED) is 0.553. The molecule has 2 heterocycles. The van der Waals surface area contributed by atoms with Gasteiger partial charge < -0.3 is 19.1 Å². The molecule has 9 heteroatoms. The van der Waals surface area contributed by atoms with Crippen molar-refractivity contribution in [3.63, 3.8) is 0 Å². The minimum absolute atomic E-state index is 0.149. The summed E-state index contributed by atoms with van der Waals surface area (Å²) in [6, 6.07) is 14.6. The van der Waals surface area contributed by atoms with Crippen molar-refractivity contribution in [3.8, 4) is 17.0 Å². The molecule has 4 rings (SSSR count). The zero-order valence-corrected chi connectivity index (χ0v) is 19.1. The summed E-state index contributed by atoms with van der Waals surface area (Å²) in [6.07, 6.45) is -0.354. The van der Waals surface area contributed by atoms with Crippen LogP contribution >= 0.6 is 11.3 Å². The predicted octanol–water partition coefficient (Wildman–Crippen LogP) is 4.43. The summed E-state index contributed by atoms with van der Waals surface area (Å²) in [6.45, 7) is 4.84. The first kappa shape index (κ1) is 22.8.